The van der Waals surface area contributed by atoms with Gasteiger partial charge in [-0.3, -0.25) is 9.59 Å². The van der Waals surface area contributed by atoms with E-state index >= 15 is 0 Å². The normalized spacial score (nSPS) is 11.7. The Morgan fingerprint density at radius 3 is 2.20 bits per heavy atom. The predicted octanol–water partition coefficient (Wildman–Crippen LogP) is 6.43. The number of nitrogens with zero attached hydrogens (tertiary/aromatic N) is 1. The number of amides is 2. The molecule has 6 heteroatoms. The fourth-order valence-corrected chi connectivity index (χ4v) is 4.41. The van der Waals surface area contributed by atoms with Crippen LogP contribution in [0, 0.1) is 0 Å². The Morgan fingerprint density at radius 1 is 0.750 bits per heavy atom. The van der Waals surface area contributed by atoms with Gasteiger partial charge in [0, 0.05) is 5.56 Å². The standard InChI is InChI=1S/C34H29N3O3/c38-33(22-32(27-11-3-1-4-12-27)36-34(39)28-13-5-2-6-14-28)37-35-23-25-18-20-30(21-19-25)40-24-29-16-9-15-26-10-7-8-17-31(26)29/h1-21,23,32H,22,24H2,(H,36,39)(H,37,38)/b35-23-/t32-/m0/s1. The van der Waals surface area contributed by atoms with Gasteiger partial charge in [0.1, 0.15) is 12.4 Å². The van der Waals surface area contributed by atoms with Crippen molar-refractivity contribution in [3.8, 4) is 5.75 Å². The van der Waals surface area contributed by atoms with Crippen LogP contribution in [-0.2, 0) is 11.4 Å². The Bertz CT molecular complexity index is 1600. The number of benzene rings is 5. The summed E-state index contributed by atoms with van der Waals surface area (Å²) in [7, 11) is 0. The Morgan fingerprint density at radius 2 is 1.43 bits per heavy atom. The molecular formula is C34H29N3O3. The topological polar surface area (TPSA) is 79.8 Å². The summed E-state index contributed by atoms with van der Waals surface area (Å²) in [6.45, 7) is 0.467. The van der Waals surface area contributed by atoms with Crippen LogP contribution >= 0.6 is 0 Å². The number of hydrogen-bond acceptors (Lipinski definition) is 4. The highest BCUT2D eigenvalue weighted by molar-refractivity contribution is 5.94. The van der Waals surface area contributed by atoms with E-state index in [2.05, 4.69) is 40.1 Å². The highest BCUT2D eigenvalue weighted by Crippen LogP contribution is 2.21. The minimum atomic E-state index is -0.498. The third-order valence-electron chi connectivity index (χ3n) is 6.49. The molecule has 0 aromatic heterocycles. The molecule has 2 amide bonds. The number of carbonyl (C=O) groups is 2. The van der Waals surface area contributed by atoms with Gasteiger partial charge in [0.15, 0.2) is 0 Å². The van der Waals surface area contributed by atoms with Gasteiger partial charge < -0.3 is 10.1 Å². The summed E-state index contributed by atoms with van der Waals surface area (Å²) >= 11 is 0. The quantitative estimate of drug-likeness (QED) is 0.162. The molecule has 1 atom stereocenters. The fourth-order valence-electron chi connectivity index (χ4n) is 4.41. The van der Waals surface area contributed by atoms with Gasteiger partial charge >= 0.3 is 0 Å². The van der Waals surface area contributed by atoms with E-state index in [0.717, 1.165) is 22.4 Å². The van der Waals surface area contributed by atoms with Crippen LogP contribution in [0.1, 0.15) is 39.5 Å². The van der Waals surface area contributed by atoms with Gasteiger partial charge in [-0.25, -0.2) is 5.43 Å². The van der Waals surface area contributed by atoms with Crippen molar-refractivity contribution >= 4 is 28.8 Å². The molecule has 0 saturated carbocycles. The van der Waals surface area contributed by atoms with Crippen molar-refractivity contribution in [1.82, 2.24) is 10.7 Å². The molecule has 0 fully saturated rings. The number of nitrogens with one attached hydrogen (secondary N) is 2. The summed E-state index contributed by atoms with van der Waals surface area (Å²) in [5.74, 6) is 0.191. The summed E-state index contributed by atoms with van der Waals surface area (Å²) in [5.41, 5.74) is 5.88. The van der Waals surface area contributed by atoms with Gasteiger partial charge in [-0.05, 0) is 63.9 Å². The average Bonchev–Trinajstić information content (AvgIpc) is 3.01. The Kier molecular flexibility index (Phi) is 8.59. The van der Waals surface area contributed by atoms with Crippen LogP contribution in [0.25, 0.3) is 10.8 Å². The Balaban J connectivity index is 1.15. The van der Waals surface area contributed by atoms with Crippen molar-refractivity contribution in [1.29, 1.82) is 0 Å². The summed E-state index contributed by atoms with van der Waals surface area (Å²) in [5, 5.41) is 9.43. The zero-order chi connectivity index (χ0) is 27.6. The number of hydrazone groups is 1. The molecule has 0 spiro atoms. The molecule has 0 heterocycles. The molecule has 0 radical (unpaired) electrons. The van der Waals surface area contributed by atoms with E-state index in [9.17, 15) is 9.59 Å². The molecule has 0 aliphatic heterocycles. The number of fused-ring (bicyclic) bond motifs is 1. The molecule has 0 unspecified atom stereocenters. The van der Waals surface area contributed by atoms with Gasteiger partial charge in [-0.2, -0.15) is 5.10 Å². The number of ether oxygens (including phenoxy) is 1. The average molecular weight is 528 g/mol. The van der Waals surface area contributed by atoms with Crippen LogP contribution in [-0.4, -0.2) is 18.0 Å². The zero-order valence-corrected chi connectivity index (χ0v) is 21.9. The van der Waals surface area contributed by atoms with E-state index in [0.29, 0.717) is 12.2 Å². The van der Waals surface area contributed by atoms with E-state index in [1.54, 1.807) is 30.5 Å². The van der Waals surface area contributed by atoms with Crippen molar-refractivity contribution in [2.45, 2.75) is 19.1 Å². The molecule has 5 aromatic rings. The summed E-state index contributed by atoms with van der Waals surface area (Å²) in [4.78, 5) is 25.4. The largest absolute Gasteiger partial charge is 0.489 e. The maximum atomic E-state index is 12.7. The summed E-state index contributed by atoms with van der Waals surface area (Å²) in [6.07, 6.45) is 1.62. The van der Waals surface area contributed by atoms with Crippen molar-refractivity contribution in [2.75, 3.05) is 0 Å². The number of hydrogen-bond donors (Lipinski definition) is 2. The van der Waals surface area contributed by atoms with Gasteiger partial charge in [-0.15, -0.1) is 0 Å². The first kappa shape index (κ1) is 26.4. The Hall–Kier alpha value is -5.23. The SMILES string of the molecule is O=C(C[C@H](NC(=O)c1ccccc1)c1ccccc1)N/N=C\c1ccc(OCc2cccc3ccccc23)cc1. The predicted molar refractivity (Wildman–Crippen MR) is 158 cm³/mol. The maximum Gasteiger partial charge on any atom is 0.251 e. The van der Waals surface area contributed by atoms with Crippen molar-refractivity contribution in [3.63, 3.8) is 0 Å². The molecule has 0 aliphatic carbocycles. The van der Waals surface area contributed by atoms with Crippen LogP contribution in [0.3, 0.4) is 0 Å². The minimum Gasteiger partial charge on any atom is -0.489 e. The lowest BCUT2D eigenvalue weighted by molar-refractivity contribution is -0.121. The van der Waals surface area contributed by atoms with E-state index in [1.807, 2.05) is 78.9 Å². The monoisotopic (exact) mass is 527 g/mol. The first-order valence-corrected chi connectivity index (χ1v) is 13.1. The second kappa shape index (κ2) is 13.0. The van der Waals surface area contributed by atoms with E-state index in [4.69, 9.17) is 4.74 Å². The van der Waals surface area contributed by atoms with Crippen LogP contribution in [0.5, 0.6) is 5.75 Å². The van der Waals surface area contributed by atoms with Gasteiger partial charge in [-0.1, -0.05) is 91.0 Å². The van der Waals surface area contributed by atoms with E-state index in [-0.39, 0.29) is 18.2 Å². The summed E-state index contributed by atoms with van der Waals surface area (Å²) in [6, 6.07) is 39.8. The zero-order valence-electron chi connectivity index (χ0n) is 21.9. The molecule has 5 rings (SSSR count). The third-order valence-corrected chi connectivity index (χ3v) is 6.49. The van der Waals surface area contributed by atoms with Gasteiger partial charge in [0.25, 0.3) is 5.91 Å². The van der Waals surface area contributed by atoms with Crippen LogP contribution in [0.4, 0.5) is 0 Å². The van der Waals surface area contributed by atoms with Crippen LogP contribution in [0.15, 0.2) is 132 Å². The minimum absolute atomic E-state index is 0.0425. The van der Waals surface area contributed by atoms with Crippen LogP contribution < -0.4 is 15.5 Å². The lowest BCUT2D eigenvalue weighted by Crippen LogP contribution is -2.32. The van der Waals surface area contributed by atoms with Crippen molar-refractivity contribution in [3.05, 3.63) is 150 Å². The maximum absolute atomic E-state index is 12.7. The fraction of sp³-hybridized carbons (Fsp3) is 0.0882. The second-order valence-electron chi connectivity index (χ2n) is 9.30. The summed E-state index contributed by atoms with van der Waals surface area (Å²) < 4.78 is 6.00. The van der Waals surface area contributed by atoms with E-state index < -0.39 is 6.04 Å². The van der Waals surface area contributed by atoms with Crippen LogP contribution in [0.2, 0.25) is 0 Å². The molecule has 0 aliphatic rings. The highest BCUT2D eigenvalue weighted by atomic mass is 16.5. The molecular weight excluding hydrogens is 498 g/mol. The lowest BCUT2D eigenvalue weighted by atomic mass is 10.0. The number of carbonyl (C=O) groups excluding carboxylic acids is 2. The molecule has 0 bridgehead atoms. The molecule has 5 aromatic carbocycles. The number of rotatable bonds is 10. The lowest BCUT2D eigenvalue weighted by Gasteiger charge is -2.18. The first-order valence-electron chi connectivity index (χ1n) is 13.1. The molecule has 2 N–H and O–H groups in total. The molecule has 40 heavy (non-hydrogen) atoms. The second-order valence-corrected chi connectivity index (χ2v) is 9.30. The van der Waals surface area contributed by atoms with E-state index in [1.165, 1.54) is 10.8 Å². The highest BCUT2D eigenvalue weighted by Gasteiger charge is 2.19. The molecule has 6 nitrogen and oxygen atoms in total. The smallest absolute Gasteiger partial charge is 0.251 e. The van der Waals surface area contributed by atoms with Crippen molar-refractivity contribution in [2.24, 2.45) is 5.10 Å². The first-order chi connectivity index (χ1) is 19.7. The van der Waals surface area contributed by atoms with Gasteiger partial charge in [0.05, 0.1) is 18.7 Å². The Labute approximate surface area is 233 Å². The third kappa shape index (κ3) is 6.99. The molecule has 198 valence electrons. The van der Waals surface area contributed by atoms with Crippen molar-refractivity contribution < 1.29 is 14.3 Å². The van der Waals surface area contributed by atoms with Gasteiger partial charge in [0.2, 0.25) is 5.91 Å². The molecule has 0 saturated heterocycles.